The van der Waals surface area contributed by atoms with Gasteiger partial charge in [-0.2, -0.15) is 0 Å². The minimum Gasteiger partial charge on any atom is -0.480 e. The number of rotatable bonds is 4. The van der Waals surface area contributed by atoms with Gasteiger partial charge >= 0.3 is 12.1 Å². The van der Waals surface area contributed by atoms with Gasteiger partial charge in [-0.05, 0) is 26.3 Å². The van der Waals surface area contributed by atoms with Crippen LogP contribution in [0.15, 0.2) is 24.3 Å². The lowest BCUT2D eigenvalue weighted by Gasteiger charge is -2.25. The molecule has 6 nitrogen and oxygen atoms in total. The third kappa shape index (κ3) is 5.09. The second kappa shape index (κ2) is 6.94. The summed E-state index contributed by atoms with van der Waals surface area (Å²) in [5, 5.41) is 11.7. The fourth-order valence-corrected chi connectivity index (χ4v) is 1.88. The lowest BCUT2D eigenvalue weighted by molar-refractivity contribution is -0.140. The van der Waals surface area contributed by atoms with Crippen molar-refractivity contribution in [2.45, 2.75) is 45.3 Å². The normalized spacial score (nSPS) is 13.6. The third-order valence-corrected chi connectivity index (χ3v) is 2.99. The van der Waals surface area contributed by atoms with Crippen LogP contribution in [0.2, 0.25) is 0 Å². The van der Waals surface area contributed by atoms with Crippen LogP contribution in [0.1, 0.15) is 39.2 Å². The Morgan fingerprint density at radius 1 is 1.27 bits per heavy atom. The van der Waals surface area contributed by atoms with E-state index in [9.17, 15) is 14.7 Å². The number of nitrogens with zero attached hydrogens (tertiary/aromatic N) is 1. The zero-order valence-electron chi connectivity index (χ0n) is 13.1. The van der Waals surface area contributed by atoms with Crippen molar-refractivity contribution in [2.75, 3.05) is 0 Å². The monoisotopic (exact) mass is 304 g/mol. The molecule has 0 heterocycles. The van der Waals surface area contributed by atoms with Gasteiger partial charge in [0.2, 0.25) is 0 Å². The summed E-state index contributed by atoms with van der Waals surface area (Å²) < 4.78 is 5.09. The summed E-state index contributed by atoms with van der Waals surface area (Å²) in [7, 11) is 0. The molecule has 1 rings (SSSR count). The molecule has 0 aliphatic rings. The average molecular weight is 304 g/mol. The van der Waals surface area contributed by atoms with Crippen LogP contribution in [-0.4, -0.2) is 28.8 Å². The molecule has 0 bridgehead atoms. The molecule has 2 atom stereocenters. The fourth-order valence-electron chi connectivity index (χ4n) is 1.88. The summed E-state index contributed by atoms with van der Waals surface area (Å²) in [6.07, 6.45) is -0.774. The highest BCUT2D eigenvalue weighted by Gasteiger charge is 2.29. The number of amides is 1. The SMILES string of the molecule is [C-]#[N+]c1ccc([C@H](C)[C@@H](NC(=O)OC(C)(C)C)C(=O)O)cc1. The Morgan fingerprint density at radius 3 is 2.23 bits per heavy atom. The summed E-state index contributed by atoms with van der Waals surface area (Å²) >= 11 is 0. The van der Waals surface area contributed by atoms with Gasteiger partial charge in [0.25, 0.3) is 0 Å². The number of benzene rings is 1. The van der Waals surface area contributed by atoms with Crippen LogP contribution in [0, 0.1) is 6.57 Å². The maximum absolute atomic E-state index is 11.8. The van der Waals surface area contributed by atoms with Gasteiger partial charge < -0.3 is 15.2 Å². The minimum absolute atomic E-state index is 0.468. The average Bonchev–Trinajstić information content (AvgIpc) is 2.42. The van der Waals surface area contributed by atoms with Crippen molar-refractivity contribution in [3.63, 3.8) is 0 Å². The standard InChI is InChI=1S/C16H20N2O4/c1-10(11-6-8-12(17-5)9-7-11)13(14(19)20)18-15(21)22-16(2,3)4/h6-10,13H,1-4H3,(H,18,21)(H,19,20)/t10-,13+/m0/s1. The maximum Gasteiger partial charge on any atom is 0.408 e. The number of alkyl carbamates (subject to hydrolysis) is 1. The number of aliphatic carboxylic acids is 1. The summed E-state index contributed by atoms with van der Waals surface area (Å²) in [4.78, 5) is 26.5. The smallest absolute Gasteiger partial charge is 0.408 e. The van der Waals surface area contributed by atoms with E-state index in [1.807, 2.05) is 0 Å². The Labute approximate surface area is 129 Å². The van der Waals surface area contributed by atoms with Crippen molar-refractivity contribution < 1.29 is 19.4 Å². The van der Waals surface area contributed by atoms with E-state index in [0.717, 1.165) is 5.56 Å². The number of carbonyl (C=O) groups is 2. The van der Waals surface area contributed by atoms with Crippen LogP contribution in [0.5, 0.6) is 0 Å². The first-order chi connectivity index (χ1) is 10.1. The molecule has 0 spiro atoms. The predicted molar refractivity (Wildman–Crippen MR) is 81.9 cm³/mol. The molecule has 0 radical (unpaired) electrons. The van der Waals surface area contributed by atoms with Crippen LogP contribution in [0.4, 0.5) is 10.5 Å². The van der Waals surface area contributed by atoms with Crippen molar-refractivity contribution in [3.8, 4) is 0 Å². The zero-order chi connectivity index (χ0) is 16.9. The van der Waals surface area contributed by atoms with Crippen molar-refractivity contribution >= 4 is 17.7 Å². The number of carboxylic acids is 1. The number of hydrogen-bond donors (Lipinski definition) is 2. The molecule has 2 N–H and O–H groups in total. The number of carbonyl (C=O) groups excluding carboxylic acids is 1. The fraction of sp³-hybridized carbons (Fsp3) is 0.438. The molecule has 1 aromatic carbocycles. The highest BCUT2D eigenvalue weighted by atomic mass is 16.6. The molecule has 0 aromatic heterocycles. The van der Waals surface area contributed by atoms with Gasteiger partial charge in [-0.25, -0.2) is 14.4 Å². The van der Waals surface area contributed by atoms with Crippen LogP contribution < -0.4 is 5.32 Å². The maximum atomic E-state index is 11.8. The van der Waals surface area contributed by atoms with Gasteiger partial charge in [-0.1, -0.05) is 31.2 Å². The Morgan fingerprint density at radius 2 is 1.82 bits per heavy atom. The molecule has 0 fully saturated rings. The number of nitrogens with one attached hydrogen (secondary N) is 1. The zero-order valence-corrected chi connectivity index (χ0v) is 13.1. The molecular formula is C16H20N2O4. The Hall–Kier alpha value is -2.55. The Bertz CT molecular complexity index is 582. The highest BCUT2D eigenvalue weighted by Crippen LogP contribution is 2.23. The van der Waals surface area contributed by atoms with Crippen molar-refractivity contribution in [1.29, 1.82) is 0 Å². The molecule has 0 saturated heterocycles. The van der Waals surface area contributed by atoms with Gasteiger partial charge in [-0.3, -0.25) is 0 Å². The second-order valence-electron chi connectivity index (χ2n) is 5.95. The van der Waals surface area contributed by atoms with Gasteiger partial charge in [0, 0.05) is 5.92 Å². The minimum atomic E-state index is -1.15. The Kier molecular flexibility index (Phi) is 5.52. The van der Waals surface area contributed by atoms with E-state index in [2.05, 4.69) is 10.2 Å². The summed E-state index contributed by atoms with van der Waals surface area (Å²) in [6.45, 7) is 13.7. The van der Waals surface area contributed by atoms with Crippen molar-refractivity contribution in [3.05, 3.63) is 41.2 Å². The predicted octanol–water partition coefficient (Wildman–Crippen LogP) is 3.32. The van der Waals surface area contributed by atoms with Gasteiger partial charge in [0.15, 0.2) is 5.69 Å². The molecule has 0 aliphatic heterocycles. The molecule has 0 aliphatic carbocycles. The first-order valence-corrected chi connectivity index (χ1v) is 6.84. The van der Waals surface area contributed by atoms with E-state index in [4.69, 9.17) is 11.3 Å². The van der Waals surface area contributed by atoms with Crippen LogP contribution in [0.25, 0.3) is 4.85 Å². The first kappa shape index (κ1) is 17.5. The first-order valence-electron chi connectivity index (χ1n) is 6.84. The van der Waals surface area contributed by atoms with E-state index < -0.39 is 29.6 Å². The van der Waals surface area contributed by atoms with E-state index in [0.29, 0.717) is 5.69 Å². The van der Waals surface area contributed by atoms with E-state index in [-0.39, 0.29) is 0 Å². The quantitative estimate of drug-likeness (QED) is 0.836. The summed E-state index contributed by atoms with van der Waals surface area (Å²) in [5.41, 5.74) is 0.493. The lowest BCUT2D eigenvalue weighted by atomic mass is 9.93. The summed E-state index contributed by atoms with van der Waals surface area (Å²) in [5.74, 6) is -1.61. The van der Waals surface area contributed by atoms with E-state index in [1.54, 1.807) is 52.0 Å². The number of ether oxygens (including phenoxy) is 1. The van der Waals surface area contributed by atoms with E-state index >= 15 is 0 Å². The Balaban J connectivity index is 2.88. The molecule has 1 amide bonds. The van der Waals surface area contributed by atoms with Crippen molar-refractivity contribution in [2.24, 2.45) is 0 Å². The molecule has 22 heavy (non-hydrogen) atoms. The van der Waals surface area contributed by atoms with Crippen LogP contribution >= 0.6 is 0 Å². The highest BCUT2D eigenvalue weighted by molar-refractivity contribution is 5.81. The molecule has 0 saturated carbocycles. The molecule has 0 unspecified atom stereocenters. The third-order valence-electron chi connectivity index (χ3n) is 2.99. The van der Waals surface area contributed by atoms with Gasteiger partial charge in [-0.15, -0.1) is 0 Å². The second-order valence-corrected chi connectivity index (χ2v) is 5.95. The lowest BCUT2D eigenvalue weighted by Crippen LogP contribution is -2.46. The number of carboxylic acid groups (broad SMARTS) is 1. The van der Waals surface area contributed by atoms with Gasteiger partial charge in [0.05, 0.1) is 6.57 Å². The van der Waals surface area contributed by atoms with E-state index in [1.165, 1.54) is 0 Å². The summed E-state index contributed by atoms with van der Waals surface area (Å²) in [6, 6.07) is 5.49. The van der Waals surface area contributed by atoms with Crippen LogP contribution in [0.3, 0.4) is 0 Å². The molecular weight excluding hydrogens is 284 g/mol. The topological polar surface area (TPSA) is 80.0 Å². The van der Waals surface area contributed by atoms with Crippen molar-refractivity contribution in [1.82, 2.24) is 5.32 Å². The molecule has 1 aromatic rings. The molecule has 6 heteroatoms. The van der Waals surface area contributed by atoms with Gasteiger partial charge in [0.1, 0.15) is 11.6 Å². The number of hydrogen-bond acceptors (Lipinski definition) is 3. The largest absolute Gasteiger partial charge is 0.480 e. The molecule has 118 valence electrons. The van der Waals surface area contributed by atoms with Crippen LogP contribution in [-0.2, 0) is 9.53 Å².